The van der Waals surface area contributed by atoms with E-state index < -0.39 is 0 Å². The molecule has 0 bridgehead atoms. The molecule has 0 saturated carbocycles. The number of ketones is 1. The van der Waals surface area contributed by atoms with E-state index in [4.69, 9.17) is 0 Å². The fraction of sp³-hybridized carbons (Fsp3) is 0.333. The van der Waals surface area contributed by atoms with Gasteiger partial charge in [-0.15, -0.1) is 0 Å². The van der Waals surface area contributed by atoms with E-state index in [0.717, 1.165) is 5.69 Å². The number of nitrogens with zero attached hydrogens (tertiary/aromatic N) is 2. The average molecular weight is 164 g/mol. The summed E-state index contributed by atoms with van der Waals surface area (Å²) in [4.78, 5) is 11.4. The number of carbonyl (C=O) groups excluding carboxylic acids is 1. The van der Waals surface area contributed by atoms with Crippen molar-refractivity contribution >= 4 is 5.78 Å². The quantitative estimate of drug-likeness (QED) is 0.490. The Morgan fingerprint density at radius 1 is 1.67 bits per heavy atom. The number of carbonyl (C=O) groups is 1. The summed E-state index contributed by atoms with van der Waals surface area (Å²) in [5.41, 5.74) is 1.95. The summed E-state index contributed by atoms with van der Waals surface area (Å²) < 4.78 is 1.63. The number of aromatic nitrogens is 2. The van der Waals surface area contributed by atoms with Gasteiger partial charge in [0, 0.05) is 13.2 Å². The molecule has 0 amide bonds. The first-order valence-corrected chi connectivity index (χ1v) is 3.73. The van der Waals surface area contributed by atoms with Crippen LogP contribution in [0.4, 0.5) is 0 Å². The van der Waals surface area contributed by atoms with Crippen LogP contribution >= 0.6 is 0 Å². The highest BCUT2D eigenvalue weighted by molar-refractivity contribution is 6.08. The summed E-state index contributed by atoms with van der Waals surface area (Å²) in [5.74, 6) is -0.0272. The van der Waals surface area contributed by atoms with Crippen molar-refractivity contribution in [3.63, 3.8) is 0 Å². The Kier molecular flexibility index (Phi) is 2.13. The van der Waals surface area contributed by atoms with Crippen LogP contribution in [0.2, 0.25) is 0 Å². The lowest BCUT2D eigenvalue weighted by Crippen LogP contribution is -1.99. The molecule has 0 saturated heterocycles. The summed E-state index contributed by atoms with van der Waals surface area (Å²) in [6, 6.07) is 0. The van der Waals surface area contributed by atoms with E-state index >= 15 is 0 Å². The van der Waals surface area contributed by atoms with Gasteiger partial charge in [-0.3, -0.25) is 9.48 Å². The van der Waals surface area contributed by atoms with Crippen LogP contribution in [0.25, 0.3) is 0 Å². The molecule has 0 atom stereocenters. The van der Waals surface area contributed by atoms with Crippen LogP contribution in [0.3, 0.4) is 0 Å². The zero-order valence-electron chi connectivity index (χ0n) is 7.59. The second-order valence-corrected chi connectivity index (χ2v) is 2.91. The van der Waals surface area contributed by atoms with E-state index in [9.17, 15) is 4.79 Å². The molecular formula is C9H12N2O. The van der Waals surface area contributed by atoms with Gasteiger partial charge in [-0.05, 0) is 19.4 Å². The summed E-state index contributed by atoms with van der Waals surface area (Å²) in [6.45, 7) is 7.11. The third-order valence-electron chi connectivity index (χ3n) is 1.65. The monoisotopic (exact) mass is 164 g/mol. The molecule has 0 aromatic carbocycles. The molecule has 0 spiro atoms. The van der Waals surface area contributed by atoms with Gasteiger partial charge in [0.1, 0.15) is 0 Å². The molecule has 1 aromatic rings. The Bertz CT molecular complexity index is 336. The van der Waals surface area contributed by atoms with Crippen molar-refractivity contribution in [1.82, 2.24) is 9.78 Å². The number of Topliss-reactive ketones (excluding diaryl/α,β-unsaturated/α-hetero) is 1. The van der Waals surface area contributed by atoms with Crippen LogP contribution in [0, 0.1) is 6.92 Å². The van der Waals surface area contributed by atoms with Crippen molar-refractivity contribution in [3.8, 4) is 0 Å². The fourth-order valence-electron chi connectivity index (χ4n) is 1.05. The van der Waals surface area contributed by atoms with Gasteiger partial charge >= 0.3 is 0 Å². The minimum atomic E-state index is -0.0272. The lowest BCUT2D eigenvalue weighted by molar-refractivity contribution is 0.103. The standard InChI is InChI=1S/C9H12N2O/c1-6(2)9(12)8-5-11(4)10-7(8)3/h5H,1H2,2-4H3. The van der Waals surface area contributed by atoms with E-state index in [1.807, 2.05) is 6.92 Å². The lowest BCUT2D eigenvalue weighted by Gasteiger charge is -1.94. The molecule has 0 aliphatic carbocycles. The van der Waals surface area contributed by atoms with Crippen molar-refractivity contribution in [3.05, 3.63) is 29.6 Å². The van der Waals surface area contributed by atoms with Crippen LogP contribution in [-0.2, 0) is 7.05 Å². The molecule has 0 aliphatic heterocycles. The smallest absolute Gasteiger partial charge is 0.191 e. The van der Waals surface area contributed by atoms with Crippen LogP contribution in [0.15, 0.2) is 18.3 Å². The summed E-state index contributed by atoms with van der Waals surface area (Å²) in [5, 5.41) is 4.07. The molecule has 3 heteroatoms. The highest BCUT2D eigenvalue weighted by atomic mass is 16.1. The third kappa shape index (κ3) is 1.44. The normalized spacial score (nSPS) is 9.92. The molecule has 1 rings (SSSR count). The van der Waals surface area contributed by atoms with Gasteiger partial charge in [-0.25, -0.2) is 0 Å². The third-order valence-corrected chi connectivity index (χ3v) is 1.65. The fourth-order valence-corrected chi connectivity index (χ4v) is 1.05. The Hall–Kier alpha value is -1.38. The zero-order valence-corrected chi connectivity index (χ0v) is 7.59. The van der Waals surface area contributed by atoms with Crippen LogP contribution in [0.1, 0.15) is 23.0 Å². The first-order valence-electron chi connectivity index (χ1n) is 3.73. The molecule has 12 heavy (non-hydrogen) atoms. The van der Waals surface area contributed by atoms with E-state index in [1.165, 1.54) is 0 Å². The van der Waals surface area contributed by atoms with Gasteiger partial charge in [-0.2, -0.15) is 5.10 Å². The van der Waals surface area contributed by atoms with Crippen LogP contribution in [0.5, 0.6) is 0 Å². The van der Waals surface area contributed by atoms with Crippen molar-refractivity contribution in [2.45, 2.75) is 13.8 Å². The van der Waals surface area contributed by atoms with E-state index in [0.29, 0.717) is 11.1 Å². The van der Waals surface area contributed by atoms with Crippen molar-refractivity contribution < 1.29 is 4.79 Å². The molecule has 0 radical (unpaired) electrons. The van der Waals surface area contributed by atoms with Gasteiger partial charge in [0.15, 0.2) is 5.78 Å². The lowest BCUT2D eigenvalue weighted by atomic mass is 10.1. The molecule has 1 aromatic heterocycles. The second-order valence-electron chi connectivity index (χ2n) is 2.91. The predicted octanol–water partition coefficient (Wildman–Crippen LogP) is 1.49. The number of aryl methyl sites for hydroxylation is 2. The molecule has 3 nitrogen and oxygen atoms in total. The topological polar surface area (TPSA) is 34.9 Å². The van der Waals surface area contributed by atoms with Gasteiger partial charge in [0.25, 0.3) is 0 Å². The number of rotatable bonds is 2. The Labute approximate surface area is 71.7 Å². The SMILES string of the molecule is C=C(C)C(=O)c1cn(C)nc1C. The molecule has 0 N–H and O–H groups in total. The van der Waals surface area contributed by atoms with Crippen LogP contribution < -0.4 is 0 Å². The maximum atomic E-state index is 11.4. The van der Waals surface area contributed by atoms with E-state index in [-0.39, 0.29) is 5.78 Å². The van der Waals surface area contributed by atoms with E-state index in [1.54, 1.807) is 24.9 Å². The van der Waals surface area contributed by atoms with Gasteiger partial charge in [-0.1, -0.05) is 6.58 Å². The molecule has 1 heterocycles. The predicted molar refractivity (Wildman–Crippen MR) is 47.1 cm³/mol. The minimum absolute atomic E-state index is 0.0272. The summed E-state index contributed by atoms with van der Waals surface area (Å²) >= 11 is 0. The Morgan fingerprint density at radius 2 is 2.25 bits per heavy atom. The molecule has 0 aliphatic rings. The summed E-state index contributed by atoms with van der Waals surface area (Å²) in [7, 11) is 1.79. The molecule has 64 valence electrons. The van der Waals surface area contributed by atoms with E-state index in [2.05, 4.69) is 11.7 Å². The number of hydrogen-bond donors (Lipinski definition) is 0. The van der Waals surface area contributed by atoms with Gasteiger partial charge in [0.2, 0.25) is 0 Å². The first-order chi connectivity index (χ1) is 5.52. The van der Waals surface area contributed by atoms with Crippen molar-refractivity contribution in [2.75, 3.05) is 0 Å². The number of hydrogen-bond acceptors (Lipinski definition) is 2. The zero-order chi connectivity index (χ0) is 9.30. The van der Waals surface area contributed by atoms with Gasteiger partial charge < -0.3 is 0 Å². The van der Waals surface area contributed by atoms with Crippen LogP contribution in [-0.4, -0.2) is 15.6 Å². The minimum Gasteiger partial charge on any atom is -0.289 e. The number of allylic oxidation sites excluding steroid dienone is 1. The first kappa shape index (κ1) is 8.71. The highest BCUT2D eigenvalue weighted by Gasteiger charge is 2.12. The molecule has 0 fully saturated rings. The molecule has 0 unspecified atom stereocenters. The van der Waals surface area contributed by atoms with Gasteiger partial charge in [0.05, 0.1) is 11.3 Å². The largest absolute Gasteiger partial charge is 0.289 e. The van der Waals surface area contributed by atoms with Crippen molar-refractivity contribution in [2.24, 2.45) is 7.05 Å². The maximum Gasteiger partial charge on any atom is 0.191 e. The summed E-state index contributed by atoms with van der Waals surface area (Å²) in [6.07, 6.45) is 1.71. The Balaban J connectivity index is 3.11. The Morgan fingerprint density at radius 3 is 2.58 bits per heavy atom. The molecular weight excluding hydrogens is 152 g/mol. The van der Waals surface area contributed by atoms with Crippen molar-refractivity contribution in [1.29, 1.82) is 0 Å². The highest BCUT2D eigenvalue weighted by Crippen LogP contribution is 2.09. The maximum absolute atomic E-state index is 11.4. The average Bonchev–Trinajstić information content (AvgIpc) is 2.28. The second kappa shape index (κ2) is 2.93.